The minimum Gasteiger partial charge on any atom is -0.301 e. The van der Waals surface area contributed by atoms with Crippen LogP contribution < -0.4 is 0 Å². The topological polar surface area (TPSA) is 54.1 Å². The first kappa shape index (κ1) is 21.8. The van der Waals surface area contributed by atoms with Crippen LogP contribution in [0, 0.1) is 22.7 Å². The molecule has 0 saturated carbocycles. The molecule has 1 fully saturated rings. The molecule has 1 aliphatic heterocycles. The van der Waals surface area contributed by atoms with Gasteiger partial charge < -0.3 is 4.90 Å². The fourth-order valence-electron chi connectivity index (χ4n) is 4.53. The monoisotopic (exact) mass is 420 g/mol. The van der Waals surface area contributed by atoms with Crippen molar-refractivity contribution >= 4 is 0 Å². The predicted molar refractivity (Wildman–Crippen MR) is 127 cm³/mol. The van der Waals surface area contributed by atoms with E-state index in [2.05, 4.69) is 46.2 Å². The number of nitriles is 2. The Morgan fingerprint density at radius 2 is 1.22 bits per heavy atom. The molecule has 0 amide bonds. The molecule has 0 spiro atoms. The molecule has 4 heteroatoms. The number of hydrogen-bond donors (Lipinski definition) is 0. The average molecular weight is 421 g/mol. The van der Waals surface area contributed by atoms with Gasteiger partial charge in [0.2, 0.25) is 0 Å². The second-order valence-electron chi connectivity index (χ2n) is 8.43. The third-order valence-corrected chi connectivity index (χ3v) is 6.48. The molecular formula is C28H28N4. The van der Waals surface area contributed by atoms with Crippen molar-refractivity contribution in [2.75, 3.05) is 32.7 Å². The van der Waals surface area contributed by atoms with Crippen molar-refractivity contribution in [3.05, 3.63) is 107 Å². The molecule has 0 radical (unpaired) electrons. The third kappa shape index (κ3) is 4.89. The Morgan fingerprint density at radius 1 is 0.688 bits per heavy atom. The number of hydrogen-bond acceptors (Lipinski definition) is 4. The van der Waals surface area contributed by atoms with Gasteiger partial charge in [0.1, 0.15) is 5.41 Å². The molecule has 1 heterocycles. The first-order valence-corrected chi connectivity index (χ1v) is 11.2. The highest BCUT2D eigenvalue weighted by Gasteiger charge is 2.35. The van der Waals surface area contributed by atoms with Gasteiger partial charge in [0.25, 0.3) is 0 Å². The Morgan fingerprint density at radius 3 is 1.72 bits per heavy atom. The number of nitrogens with zero attached hydrogens (tertiary/aromatic N) is 4. The molecule has 0 bridgehead atoms. The van der Waals surface area contributed by atoms with E-state index in [0.717, 1.165) is 56.8 Å². The van der Waals surface area contributed by atoms with Gasteiger partial charge in [-0.05, 0) is 35.2 Å². The minimum atomic E-state index is -0.637. The summed E-state index contributed by atoms with van der Waals surface area (Å²) < 4.78 is 0. The van der Waals surface area contributed by atoms with Crippen LogP contribution in [0.2, 0.25) is 0 Å². The van der Waals surface area contributed by atoms with E-state index in [1.807, 2.05) is 60.7 Å². The third-order valence-electron chi connectivity index (χ3n) is 6.48. The van der Waals surface area contributed by atoms with E-state index in [-0.39, 0.29) is 0 Å². The summed E-state index contributed by atoms with van der Waals surface area (Å²) >= 11 is 0. The van der Waals surface area contributed by atoms with E-state index >= 15 is 0 Å². The van der Waals surface area contributed by atoms with Crippen LogP contribution in [0.3, 0.4) is 0 Å². The average Bonchev–Trinajstić information content (AvgIpc) is 2.87. The molecule has 160 valence electrons. The largest absolute Gasteiger partial charge is 0.301 e. The molecule has 0 aliphatic carbocycles. The lowest BCUT2D eigenvalue weighted by Gasteiger charge is -2.37. The van der Waals surface area contributed by atoms with Crippen molar-refractivity contribution in [1.82, 2.24) is 9.80 Å². The Labute approximate surface area is 190 Å². The van der Waals surface area contributed by atoms with Crippen LogP contribution in [-0.4, -0.2) is 42.5 Å². The fraction of sp³-hybridized carbons (Fsp3) is 0.286. The van der Waals surface area contributed by atoms with Gasteiger partial charge in [0, 0.05) is 39.3 Å². The maximum absolute atomic E-state index is 10.4. The van der Waals surface area contributed by atoms with Crippen LogP contribution in [0.4, 0.5) is 0 Å². The Balaban J connectivity index is 1.39. The van der Waals surface area contributed by atoms with Crippen LogP contribution in [0.5, 0.6) is 0 Å². The molecule has 0 unspecified atom stereocenters. The number of benzene rings is 3. The predicted octanol–water partition coefficient (Wildman–Crippen LogP) is 4.58. The van der Waals surface area contributed by atoms with Crippen molar-refractivity contribution in [3.63, 3.8) is 0 Å². The summed E-state index contributed by atoms with van der Waals surface area (Å²) in [6.07, 6.45) is 0.771. The summed E-state index contributed by atoms with van der Waals surface area (Å²) in [5.74, 6) is 0. The normalized spacial score (nSPS) is 15.1. The fourth-order valence-corrected chi connectivity index (χ4v) is 4.53. The summed E-state index contributed by atoms with van der Waals surface area (Å²) in [6, 6.07) is 33.1. The van der Waals surface area contributed by atoms with Gasteiger partial charge in [0.15, 0.2) is 0 Å². The summed E-state index contributed by atoms with van der Waals surface area (Å²) in [6.45, 7) is 5.83. The Hall–Kier alpha value is -3.44. The zero-order valence-electron chi connectivity index (χ0n) is 18.3. The summed E-state index contributed by atoms with van der Waals surface area (Å²) in [4.78, 5) is 4.94. The lowest BCUT2D eigenvalue weighted by molar-refractivity contribution is 0.123. The standard InChI is InChI=1S/C28H28N4/c29-21-24-11-13-25(14-12-24)22-32-19-17-31(18-20-32)16-15-28(23-30,26-7-3-1-4-8-26)27-9-5-2-6-10-27/h1-14H,15-20,22H2. The molecule has 1 aliphatic rings. The Bertz CT molecular complexity index is 1030. The molecule has 4 nitrogen and oxygen atoms in total. The van der Waals surface area contributed by atoms with Crippen molar-refractivity contribution in [2.45, 2.75) is 18.4 Å². The molecule has 0 N–H and O–H groups in total. The van der Waals surface area contributed by atoms with E-state index < -0.39 is 5.41 Å². The zero-order valence-corrected chi connectivity index (χ0v) is 18.3. The lowest BCUT2D eigenvalue weighted by atomic mass is 9.73. The van der Waals surface area contributed by atoms with Gasteiger partial charge >= 0.3 is 0 Å². The molecule has 3 aromatic carbocycles. The van der Waals surface area contributed by atoms with Crippen molar-refractivity contribution in [3.8, 4) is 12.1 Å². The van der Waals surface area contributed by atoms with Gasteiger partial charge in [-0.3, -0.25) is 4.90 Å². The molecule has 0 atom stereocenters. The number of piperazine rings is 1. The maximum atomic E-state index is 10.4. The van der Waals surface area contributed by atoms with Gasteiger partial charge in [0.05, 0.1) is 17.7 Å². The van der Waals surface area contributed by atoms with Crippen LogP contribution in [-0.2, 0) is 12.0 Å². The van der Waals surface area contributed by atoms with Gasteiger partial charge in [-0.25, -0.2) is 0 Å². The smallest absolute Gasteiger partial charge is 0.108 e. The van der Waals surface area contributed by atoms with Crippen LogP contribution in [0.1, 0.15) is 28.7 Å². The highest BCUT2D eigenvalue weighted by Crippen LogP contribution is 2.35. The summed E-state index contributed by atoms with van der Waals surface area (Å²) in [5.41, 5.74) is 3.44. The highest BCUT2D eigenvalue weighted by molar-refractivity contribution is 5.45. The molecule has 1 saturated heterocycles. The molecular weight excluding hydrogens is 392 g/mol. The second-order valence-corrected chi connectivity index (χ2v) is 8.43. The second kappa shape index (κ2) is 10.2. The first-order chi connectivity index (χ1) is 15.7. The van der Waals surface area contributed by atoms with Crippen molar-refractivity contribution in [1.29, 1.82) is 10.5 Å². The quantitative estimate of drug-likeness (QED) is 0.562. The lowest BCUT2D eigenvalue weighted by Crippen LogP contribution is -2.47. The molecule has 4 rings (SSSR count). The van der Waals surface area contributed by atoms with E-state index in [0.29, 0.717) is 5.56 Å². The van der Waals surface area contributed by atoms with E-state index in [1.165, 1.54) is 5.56 Å². The molecule has 32 heavy (non-hydrogen) atoms. The summed E-state index contributed by atoms with van der Waals surface area (Å²) in [7, 11) is 0. The van der Waals surface area contributed by atoms with E-state index in [1.54, 1.807) is 0 Å². The zero-order chi connectivity index (χ0) is 22.2. The molecule has 0 aromatic heterocycles. The molecule has 3 aromatic rings. The first-order valence-electron chi connectivity index (χ1n) is 11.2. The van der Waals surface area contributed by atoms with Gasteiger partial charge in [-0.1, -0.05) is 72.8 Å². The van der Waals surface area contributed by atoms with Gasteiger partial charge in [-0.2, -0.15) is 10.5 Å². The van der Waals surface area contributed by atoms with Crippen molar-refractivity contribution in [2.24, 2.45) is 0 Å². The van der Waals surface area contributed by atoms with Crippen LogP contribution in [0.15, 0.2) is 84.9 Å². The van der Waals surface area contributed by atoms with Crippen LogP contribution in [0.25, 0.3) is 0 Å². The summed E-state index contributed by atoms with van der Waals surface area (Å²) in [5, 5.41) is 19.3. The van der Waals surface area contributed by atoms with E-state index in [9.17, 15) is 5.26 Å². The Kier molecular flexibility index (Phi) is 6.97. The van der Waals surface area contributed by atoms with E-state index in [4.69, 9.17) is 5.26 Å². The maximum Gasteiger partial charge on any atom is 0.108 e. The van der Waals surface area contributed by atoms with Crippen LogP contribution >= 0.6 is 0 Å². The number of rotatable bonds is 7. The van der Waals surface area contributed by atoms with Gasteiger partial charge in [-0.15, -0.1) is 0 Å². The highest BCUT2D eigenvalue weighted by atomic mass is 15.3. The van der Waals surface area contributed by atoms with Crippen molar-refractivity contribution < 1.29 is 0 Å². The SMILES string of the molecule is N#Cc1ccc(CN2CCN(CCC(C#N)(c3ccccc3)c3ccccc3)CC2)cc1. The minimum absolute atomic E-state index is 0.637.